The summed E-state index contributed by atoms with van der Waals surface area (Å²) < 4.78 is 4.63. The van der Waals surface area contributed by atoms with E-state index in [-0.39, 0.29) is 11.8 Å². The van der Waals surface area contributed by atoms with Crippen LogP contribution in [-0.4, -0.2) is 30.9 Å². The summed E-state index contributed by atoms with van der Waals surface area (Å²) in [6.07, 6.45) is 1.94. The smallest absolute Gasteiger partial charge is 0.328 e. The summed E-state index contributed by atoms with van der Waals surface area (Å²) in [7, 11) is 1.32. The molecule has 0 radical (unpaired) electrons. The molecule has 0 aliphatic heterocycles. The zero-order valence-electron chi connectivity index (χ0n) is 10.1. The summed E-state index contributed by atoms with van der Waals surface area (Å²) >= 11 is 5.51. The molecule has 5 heteroatoms. The van der Waals surface area contributed by atoms with Crippen LogP contribution in [0.3, 0.4) is 0 Å². The number of carbonyl (C=O) groups is 2. The molecule has 0 spiro atoms. The summed E-state index contributed by atoms with van der Waals surface area (Å²) in [5.41, 5.74) is 0. The van der Waals surface area contributed by atoms with Crippen LogP contribution < -0.4 is 5.32 Å². The van der Waals surface area contributed by atoms with E-state index in [1.165, 1.54) is 7.11 Å². The predicted molar refractivity (Wildman–Crippen MR) is 63.4 cm³/mol. The highest BCUT2D eigenvalue weighted by molar-refractivity contribution is 6.17. The van der Waals surface area contributed by atoms with E-state index in [9.17, 15) is 9.59 Å². The number of unbranched alkanes of at least 4 members (excludes halogenated alkanes) is 1. The Balaban J connectivity index is 4.09. The first-order chi connectivity index (χ1) is 7.52. The van der Waals surface area contributed by atoms with Crippen molar-refractivity contribution in [3.8, 4) is 0 Å². The van der Waals surface area contributed by atoms with Crippen LogP contribution >= 0.6 is 11.6 Å². The molecule has 4 nitrogen and oxygen atoms in total. The van der Waals surface area contributed by atoms with Crippen LogP contribution in [0.2, 0.25) is 0 Å². The van der Waals surface area contributed by atoms with Gasteiger partial charge in [0, 0.05) is 12.3 Å². The van der Waals surface area contributed by atoms with Crippen molar-refractivity contribution in [2.75, 3.05) is 13.0 Å². The van der Waals surface area contributed by atoms with Gasteiger partial charge in [-0.25, -0.2) is 4.79 Å². The fraction of sp³-hybridized carbons (Fsp3) is 0.818. The fourth-order valence-corrected chi connectivity index (χ4v) is 1.44. The van der Waals surface area contributed by atoms with Crippen LogP contribution in [0.25, 0.3) is 0 Å². The SMILES string of the molecule is COC(=O)[C@@H](NC(=O)CCCCCl)C(C)C. The number of methoxy groups -OCH3 is 1. The second-order valence-corrected chi connectivity index (χ2v) is 4.34. The monoisotopic (exact) mass is 249 g/mol. The molecule has 0 saturated carbocycles. The standard InChI is InChI=1S/C11H20ClNO3/c1-8(2)10(11(15)16-3)13-9(14)6-4-5-7-12/h8,10H,4-7H2,1-3H3,(H,13,14)/t10-/m0/s1. The van der Waals surface area contributed by atoms with Gasteiger partial charge in [0.05, 0.1) is 7.11 Å². The largest absolute Gasteiger partial charge is 0.467 e. The van der Waals surface area contributed by atoms with E-state index in [0.717, 1.165) is 12.8 Å². The summed E-state index contributed by atoms with van der Waals surface area (Å²) in [5.74, 6) is 0.0390. The second-order valence-electron chi connectivity index (χ2n) is 3.96. The van der Waals surface area contributed by atoms with Gasteiger partial charge in [-0.05, 0) is 18.8 Å². The first-order valence-electron chi connectivity index (χ1n) is 5.46. The number of ether oxygens (including phenoxy) is 1. The molecule has 0 aliphatic carbocycles. The van der Waals surface area contributed by atoms with E-state index in [1.807, 2.05) is 13.8 Å². The second kappa shape index (κ2) is 8.39. The molecule has 1 N–H and O–H groups in total. The van der Waals surface area contributed by atoms with Crippen LogP contribution in [0.15, 0.2) is 0 Å². The number of rotatable bonds is 7. The van der Waals surface area contributed by atoms with E-state index in [2.05, 4.69) is 10.1 Å². The molecule has 0 aromatic heterocycles. The van der Waals surface area contributed by atoms with Gasteiger partial charge in [0.1, 0.15) is 6.04 Å². The maximum absolute atomic E-state index is 11.5. The number of amides is 1. The number of alkyl halides is 1. The summed E-state index contributed by atoms with van der Waals surface area (Å²) in [5, 5.41) is 2.67. The quantitative estimate of drug-likeness (QED) is 0.425. The first kappa shape index (κ1) is 15.2. The van der Waals surface area contributed by atoms with Gasteiger partial charge in [-0.2, -0.15) is 0 Å². The highest BCUT2D eigenvalue weighted by Gasteiger charge is 2.24. The molecule has 0 bridgehead atoms. The van der Waals surface area contributed by atoms with Crippen LogP contribution in [0.4, 0.5) is 0 Å². The number of esters is 1. The summed E-state index contributed by atoms with van der Waals surface area (Å²) in [4.78, 5) is 22.9. The third kappa shape index (κ3) is 5.95. The number of halogens is 1. The van der Waals surface area contributed by atoms with Crippen molar-refractivity contribution >= 4 is 23.5 Å². The van der Waals surface area contributed by atoms with E-state index in [0.29, 0.717) is 12.3 Å². The number of nitrogens with one attached hydrogen (secondary N) is 1. The molecule has 0 aromatic carbocycles. The van der Waals surface area contributed by atoms with Crippen LogP contribution in [0, 0.1) is 5.92 Å². The molecular weight excluding hydrogens is 230 g/mol. The van der Waals surface area contributed by atoms with E-state index in [1.54, 1.807) is 0 Å². The average molecular weight is 250 g/mol. The van der Waals surface area contributed by atoms with Gasteiger partial charge >= 0.3 is 5.97 Å². The minimum absolute atomic E-state index is 0.0180. The zero-order chi connectivity index (χ0) is 12.6. The Hall–Kier alpha value is -0.770. The Labute approximate surface area is 102 Å². The molecule has 0 aromatic rings. The molecule has 0 fully saturated rings. The van der Waals surface area contributed by atoms with Gasteiger partial charge in [0.15, 0.2) is 0 Å². The molecule has 1 amide bonds. The van der Waals surface area contributed by atoms with Gasteiger partial charge in [0.25, 0.3) is 0 Å². The van der Waals surface area contributed by atoms with Crippen molar-refractivity contribution in [1.29, 1.82) is 0 Å². The summed E-state index contributed by atoms with van der Waals surface area (Å²) in [6.45, 7) is 3.72. The fourth-order valence-electron chi connectivity index (χ4n) is 1.25. The Morgan fingerprint density at radius 1 is 1.31 bits per heavy atom. The molecule has 0 rings (SSSR count). The molecule has 0 saturated heterocycles. The third-order valence-electron chi connectivity index (χ3n) is 2.23. The molecular formula is C11H20ClNO3. The lowest BCUT2D eigenvalue weighted by molar-refractivity contribution is -0.146. The van der Waals surface area contributed by atoms with Crippen LogP contribution in [0.1, 0.15) is 33.1 Å². The molecule has 0 unspecified atom stereocenters. The molecule has 0 heterocycles. The lowest BCUT2D eigenvalue weighted by atomic mass is 10.0. The van der Waals surface area contributed by atoms with Gasteiger partial charge in [-0.15, -0.1) is 11.6 Å². The maximum Gasteiger partial charge on any atom is 0.328 e. The molecule has 94 valence electrons. The highest BCUT2D eigenvalue weighted by Crippen LogP contribution is 2.05. The first-order valence-corrected chi connectivity index (χ1v) is 5.99. The highest BCUT2D eigenvalue weighted by atomic mass is 35.5. The lowest BCUT2D eigenvalue weighted by Gasteiger charge is -2.19. The normalized spacial score (nSPS) is 12.3. The predicted octanol–water partition coefficient (Wildman–Crippen LogP) is 1.71. The van der Waals surface area contributed by atoms with Crippen molar-refractivity contribution in [3.05, 3.63) is 0 Å². The topological polar surface area (TPSA) is 55.4 Å². The minimum Gasteiger partial charge on any atom is -0.467 e. The molecule has 0 aliphatic rings. The van der Waals surface area contributed by atoms with E-state index >= 15 is 0 Å². The van der Waals surface area contributed by atoms with Gasteiger partial charge in [0.2, 0.25) is 5.91 Å². The van der Waals surface area contributed by atoms with E-state index < -0.39 is 12.0 Å². The lowest BCUT2D eigenvalue weighted by Crippen LogP contribution is -2.44. The van der Waals surface area contributed by atoms with Crippen molar-refractivity contribution in [3.63, 3.8) is 0 Å². The van der Waals surface area contributed by atoms with Crippen molar-refractivity contribution in [2.24, 2.45) is 5.92 Å². The Bertz CT molecular complexity index is 231. The molecule has 1 atom stereocenters. The van der Waals surface area contributed by atoms with Gasteiger partial charge < -0.3 is 10.1 Å². The third-order valence-corrected chi connectivity index (χ3v) is 2.49. The maximum atomic E-state index is 11.5. The number of carbonyl (C=O) groups excluding carboxylic acids is 2. The minimum atomic E-state index is -0.562. The average Bonchev–Trinajstić information content (AvgIpc) is 2.25. The Morgan fingerprint density at radius 3 is 2.38 bits per heavy atom. The van der Waals surface area contributed by atoms with E-state index in [4.69, 9.17) is 11.6 Å². The number of hydrogen-bond donors (Lipinski definition) is 1. The van der Waals surface area contributed by atoms with Crippen LogP contribution in [-0.2, 0) is 14.3 Å². The van der Waals surface area contributed by atoms with Gasteiger partial charge in [-0.1, -0.05) is 13.8 Å². The van der Waals surface area contributed by atoms with Crippen molar-refractivity contribution in [2.45, 2.75) is 39.2 Å². The van der Waals surface area contributed by atoms with Crippen LogP contribution in [0.5, 0.6) is 0 Å². The number of hydrogen-bond acceptors (Lipinski definition) is 3. The van der Waals surface area contributed by atoms with Crippen molar-refractivity contribution in [1.82, 2.24) is 5.32 Å². The Kier molecular flexibility index (Phi) is 7.99. The summed E-state index contributed by atoms with van der Waals surface area (Å²) in [6, 6.07) is -0.562. The molecule has 16 heavy (non-hydrogen) atoms. The Morgan fingerprint density at radius 2 is 1.94 bits per heavy atom. The van der Waals surface area contributed by atoms with Gasteiger partial charge in [-0.3, -0.25) is 4.79 Å². The zero-order valence-corrected chi connectivity index (χ0v) is 10.8. The van der Waals surface area contributed by atoms with Crippen molar-refractivity contribution < 1.29 is 14.3 Å².